The van der Waals surface area contributed by atoms with Crippen molar-refractivity contribution in [3.63, 3.8) is 0 Å². The Morgan fingerprint density at radius 2 is 1.76 bits per heavy atom. The third-order valence-electron chi connectivity index (χ3n) is 5.78. The molecular weight excluding hydrogens is 262 g/mol. The minimum absolute atomic E-state index is 0.0529. The second kappa shape index (κ2) is 7.43. The van der Waals surface area contributed by atoms with E-state index >= 15 is 0 Å². The molecule has 0 spiro atoms. The molecule has 0 aromatic rings. The van der Waals surface area contributed by atoms with Gasteiger partial charge in [0.05, 0.1) is 5.60 Å². The molecule has 1 heterocycles. The number of hydrogen-bond donors (Lipinski definition) is 1. The fourth-order valence-electron chi connectivity index (χ4n) is 4.14. The van der Waals surface area contributed by atoms with Crippen LogP contribution in [0.3, 0.4) is 0 Å². The molecule has 0 aromatic carbocycles. The molecule has 2 fully saturated rings. The third kappa shape index (κ3) is 4.43. The number of rotatable bonds is 6. The molecule has 3 nitrogen and oxygen atoms in total. The summed E-state index contributed by atoms with van der Waals surface area (Å²) in [4.78, 5) is 0. The molecule has 1 unspecified atom stereocenters. The highest BCUT2D eigenvalue weighted by atomic mass is 16.5. The Morgan fingerprint density at radius 1 is 1.14 bits per heavy atom. The second-order valence-electron chi connectivity index (χ2n) is 7.79. The van der Waals surface area contributed by atoms with Gasteiger partial charge in [0.15, 0.2) is 0 Å². The summed E-state index contributed by atoms with van der Waals surface area (Å²) in [5, 5.41) is 3.61. The van der Waals surface area contributed by atoms with E-state index in [1.54, 1.807) is 0 Å². The maximum atomic E-state index is 6.36. The molecule has 1 saturated carbocycles. The van der Waals surface area contributed by atoms with Gasteiger partial charge in [0.2, 0.25) is 0 Å². The normalized spacial score (nSPS) is 27.4. The Labute approximate surface area is 131 Å². The highest BCUT2D eigenvalue weighted by Crippen LogP contribution is 2.45. The smallest absolute Gasteiger partial charge is 0.0834 e. The summed E-state index contributed by atoms with van der Waals surface area (Å²) in [6.45, 7) is 9.64. The molecule has 1 aliphatic heterocycles. The van der Waals surface area contributed by atoms with Crippen LogP contribution in [0, 0.1) is 11.3 Å². The van der Waals surface area contributed by atoms with E-state index in [2.05, 4.69) is 33.1 Å². The lowest BCUT2D eigenvalue weighted by Crippen LogP contribution is -2.55. The summed E-state index contributed by atoms with van der Waals surface area (Å²) in [6, 6.07) is 0.483. The molecule has 21 heavy (non-hydrogen) atoms. The van der Waals surface area contributed by atoms with Gasteiger partial charge in [-0.3, -0.25) is 0 Å². The Kier molecular flexibility index (Phi) is 6.10. The first-order valence-corrected chi connectivity index (χ1v) is 8.90. The molecule has 3 heteroatoms. The van der Waals surface area contributed by atoms with Gasteiger partial charge in [-0.2, -0.15) is 0 Å². The average molecular weight is 297 g/mol. The molecule has 1 N–H and O–H groups in total. The van der Waals surface area contributed by atoms with Gasteiger partial charge in [0.25, 0.3) is 0 Å². The number of hydrogen-bond acceptors (Lipinski definition) is 3. The zero-order valence-electron chi connectivity index (χ0n) is 14.5. The van der Waals surface area contributed by atoms with Crippen LogP contribution < -0.4 is 5.32 Å². The summed E-state index contributed by atoms with van der Waals surface area (Å²) < 4.78 is 11.9. The fraction of sp³-hybridized carbons (Fsp3) is 1.00. The average Bonchev–Trinajstić information content (AvgIpc) is 2.49. The summed E-state index contributed by atoms with van der Waals surface area (Å²) in [7, 11) is 2.12. The Hall–Kier alpha value is -0.120. The van der Waals surface area contributed by atoms with Crippen molar-refractivity contribution < 1.29 is 9.47 Å². The van der Waals surface area contributed by atoms with Gasteiger partial charge in [-0.25, -0.2) is 0 Å². The van der Waals surface area contributed by atoms with Crippen LogP contribution in [0.1, 0.15) is 65.7 Å². The summed E-state index contributed by atoms with van der Waals surface area (Å²) >= 11 is 0. The maximum Gasteiger partial charge on any atom is 0.0834 e. The zero-order valence-corrected chi connectivity index (χ0v) is 14.5. The minimum atomic E-state index is 0.0529. The lowest BCUT2D eigenvalue weighted by Gasteiger charge is -2.48. The third-order valence-corrected chi connectivity index (χ3v) is 5.78. The SMILES string of the molecule is CCOC1(C(CC2CCOCC2)NC)CCC(C)(C)CC1. The highest BCUT2D eigenvalue weighted by molar-refractivity contribution is 4.99. The fourth-order valence-corrected chi connectivity index (χ4v) is 4.14. The molecule has 1 saturated heterocycles. The topological polar surface area (TPSA) is 30.5 Å². The van der Waals surface area contributed by atoms with E-state index in [0.717, 1.165) is 25.7 Å². The predicted molar refractivity (Wildman–Crippen MR) is 87.6 cm³/mol. The van der Waals surface area contributed by atoms with Gasteiger partial charge in [0, 0.05) is 25.9 Å². The largest absolute Gasteiger partial charge is 0.381 e. The zero-order chi connectivity index (χ0) is 15.3. The molecule has 2 aliphatic rings. The lowest BCUT2D eigenvalue weighted by atomic mass is 9.67. The van der Waals surface area contributed by atoms with Crippen molar-refractivity contribution >= 4 is 0 Å². The van der Waals surface area contributed by atoms with Crippen molar-refractivity contribution in [3.05, 3.63) is 0 Å². The van der Waals surface area contributed by atoms with Crippen LogP contribution in [-0.2, 0) is 9.47 Å². The summed E-state index contributed by atoms with van der Waals surface area (Å²) in [5.41, 5.74) is 0.537. The monoisotopic (exact) mass is 297 g/mol. The predicted octanol–water partition coefficient (Wildman–Crippen LogP) is 3.77. The van der Waals surface area contributed by atoms with Crippen molar-refractivity contribution in [2.45, 2.75) is 77.4 Å². The van der Waals surface area contributed by atoms with Gasteiger partial charge in [-0.05, 0) is 70.3 Å². The quantitative estimate of drug-likeness (QED) is 0.809. The second-order valence-corrected chi connectivity index (χ2v) is 7.79. The van der Waals surface area contributed by atoms with Gasteiger partial charge in [0.1, 0.15) is 0 Å². The van der Waals surface area contributed by atoms with Crippen LogP contribution in [0.25, 0.3) is 0 Å². The first-order valence-electron chi connectivity index (χ1n) is 8.90. The molecule has 1 aliphatic carbocycles. The van der Waals surface area contributed by atoms with Crippen LogP contribution >= 0.6 is 0 Å². The van der Waals surface area contributed by atoms with Crippen LogP contribution in [0.15, 0.2) is 0 Å². The molecule has 1 atom stereocenters. The van der Waals surface area contributed by atoms with Crippen molar-refractivity contribution in [2.75, 3.05) is 26.9 Å². The number of ether oxygens (including phenoxy) is 2. The number of likely N-dealkylation sites (N-methyl/N-ethyl adjacent to an activating group) is 1. The molecule has 124 valence electrons. The lowest BCUT2D eigenvalue weighted by molar-refractivity contribution is -0.111. The van der Waals surface area contributed by atoms with E-state index in [1.807, 2.05) is 0 Å². The van der Waals surface area contributed by atoms with Gasteiger partial charge in [-0.1, -0.05) is 13.8 Å². The Morgan fingerprint density at radius 3 is 2.29 bits per heavy atom. The van der Waals surface area contributed by atoms with E-state index in [1.165, 1.54) is 44.9 Å². The van der Waals surface area contributed by atoms with E-state index in [-0.39, 0.29) is 5.60 Å². The van der Waals surface area contributed by atoms with Gasteiger partial charge >= 0.3 is 0 Å². The van der Waals surface area contributed by atoms with Crippen LogP contribution in [0.5, 0.6) is 0 Å². The van der Waals surface area contributed by atoms with E-state index < -0.39 is 0 Å². The minimum Gasteiger partial charge on any atom is -0.381 e. The standard InChI is InChI=1S/C18H35NO2/c1-5-21-18(10-8-17(2,3)9-11-18)16(19-4)14-15-6-12-20-13-7-15/h15-16,19H,5-14H2,1-4H3. The van der Waals surface area contributed by atoms with Crippen molar-refractivity contribution in [2.24, 2.45) is 11.3 Å². The summed E-state index contributed by atoms with van der Waals surface area (Å²) in [5.74, 6) is 0.795. The van der Waals surface area contributed by atoms with Crippen LogP contribution in [0.2, 0.25) is 0 Å². The maximum absolute atomic E-state index is 6.36. The molecule has 0 bridgehead atoms. The molecule has 0 aromatic heterocycles. The first kappa shape index (κ1) is 17.2. The molecule has 0 radical (unpaired) electrons. The molecule has 0 amide bonds. The molecule has 2 rings (SSSR count). The van der Waals surface area contributed by atoms with E-state index in [4.69, 9.17) is 9.47 Å². The van der Waals surface area contributed by atoms with Crippen LogP contribution in [0.4, 0.5) is 0 Å². The van der Waals surface area contributed by atoms with Crippen molar-refractivity contribution in [3.8, 4) is 0 Å². The highest BCUT2D eigenvalue weighted by Gasteiger charge is 2.44. The van der Waals surface area contributed by atoms with Crippen molar-refractivity contribution in [1.29, 1.82) is 0 Å². The molecular formula is C18H35NO2. The first-order chi connectivity index (χ1) is 10.0. The van der Waals surface area contributed by atoms with Gasteiger partial charge < -0.3 is 14.8 Å². The summed E-state index contributed by atoms with van der Waals surface area (Å²) in [6.07, 6.45) is 8.61. The number of nitrogens with one attached hydrogen (secondary N) is 1. The van der Waals surface area contributed by atoms with Crippen LogP contribution in [-0.4, -0.2) is 38.5 Å². The Bertz CT molecular complexity index is 300. The van der Waals surface area contributed by atoms with E-state index in [9.17, 15) is 0 Å². The van der Waals surface area contributed by atoms with Gasteiger partial charge in [-0.15, -0.1) is 0 Å². The van der Waals surface area contributed by atoms with Crippen molar-refractivity contribution in [1.82, 2.24) is 5.32 Å². The van der Waals surface area contributed by atoms with E-state index in [0.29, 0.717) is 11.5 Å². The Balaban J connectivity index is 2.03.